The maximum atomic E-state index is 12.8. The monoisotopic (exact) mass is 558 g/mol. The number of anilines is 1. The van der Waals surface area contributed by atoms with Crippen molar-refractivity contribution in [3.8, 4) is 17.2 Å². The normalized spacial score (nSPS) is 14.2. The van der Waals surface area contributed by atoms with E-state index < -0.39 is 0 Å². The van der Waals surface area contributed by atoms with E-state index in [2.05, 4.69) is 10.4 Å². The Morgan fingerprint density at radius 1 is 1.16 bits per heavy atom. The summed E-state index contributed by atoms with van der Waals surface area (Å²) in [5.74, 6) is 2.58. The molecule has 11 heteroatoms. The number of hydrogen-bond acceptors (Lipinski definition) is 6. The van der Waals surface area contributed by atoms with Crippen LogP contribution in [0.2, 0.25) is 0 Å². The molecule has 0 radical (unpaired) electrons. The van der Waals surface area contributed by atoms with Crippen molar-refractivity contribution in [2.75, 3.05) is 52.4 Å². The molecule has 1 aromatic carbocycles. The van der Waals surface area contributed by atoms with Gasteiger partial charge in [-0.25, -0.2) is 4.99 Å². The molecule has 1 aliphatic rings. The summed E-state index contributed by atoms with van der Waals surface area (Å²) in [4.78, 5) is 21.3. The minimum Gasteiger partial charge on any atom is -0.496 e. The molecule has 10 nitrogen and oxygen atoms in total. The van der Waals surface area contributed by atoms with E-state index in [-0.39, 0.29) is 36.4 Å². The zero-order chi connectivity index (χ0) is 22.4. The van der Waals surface area contributed by atoms with E-state index in [1.54, 1.807) is 49.2 Å². The van der Waals surface area contributed by atoms with Gasteiger partial charge in [0.15, 0.2) is 5.96 Å². The highest BCUT2D eigenvalue weighted by Crippen LogP contribution is 2.34. The number of rotatable bonds is 7. The number of carbonyl (C=O) groups is 1. The number of methoxy groups -OCH3 is 3. The summed E-state index contributed by atoms with van der Waals surface area (Å²) in [7, 11) is 6.63. The summed E-state index contributed by atoms with van der Waals surface area (Å²) in [6.45, 7) is 4.46. The molecular weight excluding hydrogens is 527 g/mol. The number of aryl methyl sites for hydroxylation is 1. The first-order valence-corrected chi connectivity index (χ1v) is 10.1. The van der Waals surface area contributed by atoms with E-state index in [0.717, 1.165) is 11.3 Å². The Labute approximate surface area is 205 Å². The van der Waals surface area contributed by atoms with Crippen LogP contribution in [0.25, 0.3) is 0 Å². The predicted octanol–water partition coefficient (Wildman–Crippen LogP) is 1.88. The number of piperazine rings is 1. The molecule has 3 rings (SSSR count). The summed E-state index contributed by atoms with van der Waals surface area (Å²) in [6.07, 6.45) is 3.55. The number of ether oxygens (including phenoxy) is 3. The zero-order valence-corrected chi connectivity index (χ0v) is 21.5. The van der Waals surface area contributed by atoms with Gasteiger partial charge in [-0.2, -0.15) is 5.10 Å². The molecule has 1 amide bonds. The second-order valence-electron chi connectivity index (χ2n) is 7.02. The van der Waals surface area contributed by atoms with Gasteiger partial charge in [0.05, 0.1) is 45.3 Å². The van der Waals surface area contributed by atoms with Gasteiger partial charge in [0, 0.05) is 45.0 Å². The van der Waals surface area contributed by atoms with Gasteiger partial charge in [-0.05, 0) is 6.92 Å². The Morgan fingerprint density at radius 3 is 2.34 bits per heavy atom. The Morgan fingerprint density at radius 2 is 1.84 bits per heavy atom. The van der Waals surface area contributed by atoms with Crippen LogP contribution < -0.4 is 24.4 Å². The maximum Gasteiger partial charge on any atom is 0.246 e. The van der Waals surface area contributed by atoms with Crippen LogP contribution in [0.4, 0.5) is 5.69 Å². The van der Waals surface area contributed by atoms with E-state index in [1.807, 2.05) is 25.1 Å². The highest BCUT2D eigenvalue weighted by Gasteiger charge is 2.27. The molecule has 1 aliphatic heterocycles. The molecule has 2 aromatic rings. The van der Waals surface area contributed by atoms with Crippen molar-refractivity contribution in [1.29, 1.82) is 0 Å². The zero-order valence-electron chi connectivity index (χ0n) is 19.1. The third-order valence-corrected chi connectivity index (χ3v) is 5.06. The topological polar surface area (TPSA) is 93.5 Å². The lowest BCUT2D eigenvalue weighted by molar-refractivity contribution is -0.120. The SMILES string of the molecule is CCNC(=NCc1c(OC)cc(OC)cc1OC)N1CCN(c2cnn(C)c2)C(=O)C1.I. The van der Waals surface area contributed by atoms with E-state index in [1.165, 1.54) is 0 Å². The van der Waals surface area contributed by atoms with Crippen LogP contribution in [0, 0.1) is 0 Å². The number of aliphatic imine (C=N–C) groups is 1. The van der Waals surface area contributed by atoms with Gasteiger partial charge in [0.2, 0.25) is 5.91 Å². The molecular formula is C21H31IN6O4. The molecule has 2 heterocycles. The van der Waals surface area contributed by atoms with Crippen molar-refractivity contribution in [1.82, 2.24) is 20.0 Å². The van der Waals surface area contributed by atoms with Crippen molar-refractivity contribution >= 4 is 41.5 Å². The highest BCUT2D eigenvalue weighted by atomic mass is 127. The van der Waals surface area contributed by atoms with Gasteiger partial charge in [0.25, 0.3) is 0 Å². The lowest BCUT2D eigenvalue weighted by atomic mass is 10.1. The predicted molar refractivity (Wildman–Crippen MR) is 133 cm³/mol. The molecule has 0 atom stereocenters. The number of nitrogens with one attached hydrogen (secondary N) is 1. The van der Waals surface area contributed by atoms with E-state index in [0.29, 0.717) is 49.4 Å². The summed E-state index contributed by atoms with van der Waals surface area (Å²) < 4.78 is 18.0. The largest absolute Gasteiger partial charge is 0.496 e. The van der Waals surface area contributed by atoms with Crippen molar-refractivity contribution < 1.29 is 19.0 Å². The molecule has 32 heavy (non-hydrogen) atoms. The molecule has 0 saturated carbocycles. The van der Waals surface area contributed by atoms with Crippen LogP contribution in [0.3, 0.4) is 0 Å². The number of carbonyl (C=O) groups excluding carboxylic acids is 1. The minimum atomic E-state index is 0. The second kappa shape index (κ2) is 11.8. The van der Waals surface area contributed by atoms with Crippen LogP contribution >= 0.6 is 24.0 Å². The Balaban J connectivity index is 0.00000363. The standard InChI is InChI=1S/C21H30N6O4.HI/c1-6-22-21(23-12-17-18(30-4)9-16(29-3)10-19(17)31-5)26-7-8-27(20(28)14-26)15-11-24-25(2)13-15;/h9-11,13H,6-8,12,14H2,1-5H3,(H,22,23);1H. The molecule has 1 aromatic heterocycles. The molecule has 176 valence electrons. The Hall–Kier alpha value is -2.70. The molecule has 1 saturated heterocycles. The number of benzene rings is 1. The molecule has 0 unspecified atom stereocenters. The number of nitrogens with zero attached hydrogens (tertiary/aromatic N) is 5. The van der Waals surface area contributed by atoms with Gasteiger partial charge in [-0.3, -0.25) is 9.48 Å². The van der Waals surface area contributed by atoms with Crippen LogP contribution in [-0.4, -0.2) is 74.1 Å². The summed E-state index contributed by atoms with van der Waals surface area (Å²) in [5.41, 5.74) is 1.61. The fourth-order valence-electron chi connectivity index (χ4n) is 3.49. The lowest BCUT2D eigenvalue weighted by Gasteiger charge is -2.35. The smallest absolute Gasteiger partial charge is 0.246 e. The van der Waals surface area contributed by atoms with Crippen LogP contribution in [0.15, 0.2) is 29.5 Å². The summed E-state index contributed by atoms with van der Waals surface area (Å²) in [6, 6.07) is 3.60. The van der Waals surface area contributed by atoms with Crippen LogP contribution in [0.1, 0.15) is 12.5 Å². The quantitative estimate of drug-likeness (QED) is 0.315. The Kier molecular flexibility index (Phi) is 9.42. The van der Waals surface area contributed by atoms with Gasteiger partial charge in [-0.15, -0.1) is 24.0 Å². The summed E-state index contributed by atoms with van der Waals surface area (Å²) in [5, 5.41) is 7.44. The van der Waals surface area contributed by atoms with Crippen LogP contribution in [-0.2, 0) is 18.4 Å². The lowest BCUT2D eigenvalue weighted by Crippen LogP contribution is -2.55. The van der Waals surface area contributed by atoms with Crippen molar-refractivity contribution in [2.45, 2.75) is 13.5 Å². The fraction of sp³-hybridized carbons (Fsp3) is 0.476. The second-order valence-corrected chi connectivity index (χ2v) is 7.02. The first-order valence-electron chi connectivity index (χ1n) is 10.1. The molecule has 0 aliphatic carbocycles. The minimum absolute atomic E-state index is 0. The summed E-state index contributed by atoms with van der Waals surface area (Å²) >= 11 is 0. The highest BCUT2D eigenvalue weighted by molar-refractivity contribution is 14.0. The fourth-order valence-corrected chi connectivity index (χ4v) is 3.49. The third kappa shape index (κ3) is 5.75. The number of amides is 1. The van der Waals surface area contributed by atoms with Gasteiger partial charge >= 0.3 is 0 Å². The average Bonchev–Trinajstić information content (AvgIpc) is 3.21. The molecule has 1 fully saturated rings. The Bertz CT molecular complexity index is 923. The number of guanidine groups is 1. The van der Waals surface area contributed by atoms with Crippen molar-refractivity contribution in [2.24, 2.45) is 12.0 Å². The number of hydrogen-bond donors (Lipinski definition) is 1. The maximum absolute atomic E-state index is 12.8. The number of aromatic nitrogens is 2. The average molecular weight is 558 g/mol. The molecule has 0 bridgehead atoms. The first kappa shape index (κ1) is 25.6. The van der Waals surface area contributed by atoms with Gasteiger partial charge in [-0.1, -0.05) is 0 Å². The van der Waals surface area contributed by atoms with Crippen LogP contribution in [0.5, 0.6) is 17.2 Å². The molecule has 1 N–H and O–H groups in total. The first-order chi connectivity index (χ1) is 15.0. The van der Waals surface area contributed by atoms with Gasteiger partial charge < -0.3 is 29.3 Å². The van der Waals surface area contributed by atoms with Crippen molar-refractivity contribution in [3.05, 3.63) is 30.1 Å². The van der Waals surface area contributed by atoms with Gasteiger partial charge in [0.1, 0.15) is 23.8 Å². The third-order valence-electron chi connectivity index (χ3n) is 5.06. The van der Waals surface area contributed by atoms with E-state index in [9.17, 15) is 4.79 Å². The van der Waals surface area contributed by atoms with E-state index in [4.69, 9.17) is 19.2 Å². The molecule has 0 spiro atoms. The number of halogens is 1. The van der Waals surface area contributed by atoms with Crippen molar-refractivity contribution in [3.63, 3.8) is 0 Å². The van der Waals surface area contributed by atoms with E-state index >= 15 is 0 Å².